The molecule has 2 aromatic heterocycles. The smallest absolute Gasteiger partial charge is 0.169 e. The monoisotopic (exact) mass is 353 g/mol. The van der Waals surface area contributed by atoms with Gasteiger partial charge in [0.2, 0.25) is 0 Å². The van der Waals surface area contributed by atoms with Crippen molar-refractivity contribution in [2.24, 2.45) is 5.73 Å². The fourth-order valence-electron chi connectivity index (χ4n) is 2.07. The summed E-state index contributed by atoms with van der Waals surface area (Å²) in [6, 6.07) is 9.21. The molecule has 3 N–H and O–H groups in total. The minimum absolute atomic E-state index is 0.0359. The van der Waals surface area contributed by atoms with E-state index >= 15 is 0 Å². The number of anilines is 1. The molecule has 25 heavy (non-hydrogen) atoms. The maximum absolute atomic E-state index is 11.5. The number of pyridine rings is 1. The highest BCUT2D eigenvalue weighted by Crippen LogP contribution is 2.28. The number of hydrogen-bond donors (Lipinski definition) is 2. The quantitative estimate of drug-likeness (QED) is 0.447. The first-order valence-electron chi connectivity index (χ1n) is 7.55. The standard InChI is InChI=1S/C19H19N3O2S/c1-12(11-15(9-10-20)13(2)23)21-19-6-4-5-16(22-19)18-8-7-17(25-18)14(3)24/h4-11H,1,20H2,2-3H3,(H,21,22)/b10-9-,15-11+. The number of rotatable bonds is 7. The Balaban J connectivity index is 2.21. The number of carbonyl (C=O) groups excluding carboxylic acids is 2. The van der Waals surface area contributed by atoms with E-state index < -0.39 is 0 Å². The third-order valence-electron chi connectivity index (χ3n) is 3.26. The van der Waals surface area contributed by atoms with Crippen LogP contribution in [0.4, 0.5) is 5.82 Å². The second-order valence-corrected chi connectivity index (χ2v) is 6.38. The molecule has 2 aromatic rings. The van der Waals surface area contributed by atoms with Gasteiger partial charge < -0.3 is 11.1 Å². The van der Waals surface area contributed by atoms with Crippen LogP contribution in [0.3, 0.4) is 0 Å². The Kier molecular flexibility index (Phi) is 6.03. The molecule has 6 heteroatoms. The highest BCUT2D eigenvalue weighted by atomic mass is 32.1. The first-order chi connectivity index (χ1) is 11.9. The first-order valence-corrected chi connectivity index (χ1v) is 8.37. The van der Waals surface area contributed by atoms with Gasteiger partial charge in [-0.3, -0.25) is 9.59 Å². The predicted molar refractivity (Wildman–Crippen MR) is 102 cm³/mol. The van der Waals surface area contributed by atoms with E-state index in [0.29, 0.717) is 22.0 Å². The minimum atomic E-state index is -0.110. The Morgan fingerprint density at radius 2 is 2.00 bits per heavy atom. The maximum Gasteiger partial charge on any atom is 0.169 e. The second-order valence-electron chi connectivity index (χ2n) is 5.29. The third-order valence-corrected chi connectivity index (χ3v) is 4.46. The number of nitrogens with two attached hydrogens (primary N) is 1. The van der Waals surface area contributed by atoms with Crippen LogP contribution < -0.4 is 11.1 Å². The molecule has 0 fully saturated rings. The van der Waals surface area contributed by atoms with Crippen LogP contribution in [0.1, 0.15) is 23.5 Å². The van der Waals surface area contributed by atoms with Crippen molar-refractivity contribution in [2.45, 2.75) is 13.8 Å². The van der Waals surface area contributed by atoms with Crippen molar-refractivity contribution in [1.29, 1.82) is 0 Å². The Bertz CT molecular complexity index is 878. The molecule has 0 atom stereocenters. The molecule has 5 nitrogen and oxygen atoms in total. The predicted octanol–water partition coefficient (Wildman–Crippen LogP) is 3.93. The summed E-state index contributed by atoms with van der Waals surface area (Å²) in [6.45, 7) is 6.89. The van der Waals surface area contributed by atoms with Gasteiger partial charge in [-0.15, -0.1) is 11.3 Å². The van der Waals surface area contributed by atoms with Crippen LogP contribution in [0.5, 0.6) is 0 Å². The van der Waals surface area contributed by atoms with Crippen molar-refractivity contribution >= 4 is 28.7 Å². The van der Waals surface area contributed by atoms with Gasteiger partial charge in [0.05, 0.1) is 15.4 Å². The van der Waals surface area contributed by atoms with Gasteiger partial charge in [0.1, 0.15) is 5.82 Å². The van der Waals surface area contributed by atoms with E-state index in [9.17, 15) is 9.59 Å². The molecule has 0 saturated carbocycles. The van der Waals surface area contributed by atoms with Crippen molar-refractivity contribution in [3.05, 3.63) is 71.4 Å². The molecule has 0 radical (unpaired) electrons. The van der Waals surface area contributed by atoms with E-state index in [1.54, 1.807) is 25.1 Å². The summed E-state index contributed by atoms with van der Waals surface area (Å²) in [6.07, 6.45) is 4.44. The fourth-order valence-corrected chi connectivity index (χ4v) is 2.94. The minimum Gasteiger partial charge on any atom is -0.405 e. The number of aromatic nitrogens is 1. The summed E-state index contributed by atoms with van der Waals surface area (Å²) >= 11 is 1.40. The van der Waals surface area contributed by atoms with Gasteiger partial charge in [-0.25, -0.2) is 4.98 Å². The zero-order valence-electron chi connectivity index (χ0n) is 14.1. The largest absolute Gasteiger partial charge is 0.405 e. The third kappa shape index (κ3) is 4.99. The Morgan fingerprint density at radius 1 is 1.24 bits per heavy atom. The van der Waals surface area contributed by atoms with Gasteiger partial charge in [-0.05, 0) is 56.5 Å². The molecule has 128 valence electrons. The van der Waals surface area contributed by atoms with Crippen LogP contribution in [-0.2, 0) is 4.79 Å². The Hall–Kier alpha value is -2.99. The van der Waals surface area contributed by atoms with Crippen molar-refractivity contribution in [1.82, 2.24) is 4.98 Å². The zero-order valence-corrected chi connectivity index (χ0v) is 14.9. The highest BCUT2D eigenvalue weighted by Gasteiger charge is 2.08. The first kappa shape index (κ1) is 18.4. The van der Waals surface area contributed by atoms with Crippen LogP contribution in [0.2, 0.25) is 0 Å². The molecule has 0 bridgehead atoms. The summed E-state index contributed by atoms with van der Waals surface area (Å²) in [5.41, 5.74) is 7.06. The Morgan fingerprint density at radius 3 is 2.60 bits per heavy atom. The van der Waals surface area contributed by atoms with E-state index in [2.05, 4.69) is 16.9 Å². The number of nitrogens with zero attached hydrogens (tertiary/aromatic N) is 1. The molecule has 0 saturated heterocycles. The number of allylic oxidation sites excluding steroid dienone is 3. The molecule has 0 unspecified atom stereocenters. The van der Waals surface area contributed by atoms with E-state index in [1.807, 2.05) is 18.2 Å². The molecule has 0 aliphatic carbocycles. The van der Waals surface area contributed by atoms with Gasteiger partial charge in [0.15, 0.2) is 11.6 Å². The molecular formula is C19H19N3O2S. The number of carbonyl (C=O) groups is 2. The molecule has 0 aliphatic heterocycles. The summed E-state index contributed by atoms with van der Waals surface area (Å²) in [5, 5.41) is 3.05. The molecule has 0 spiro atoms. The summed E-state index contributed by atoms with van der Waals surface area (Å²) in [4.78, 5) is 29.1. The lowest BCUT2D eigenvalue weighted by atomic mass is 10.1. The van der Waals surface area contributed by atoms with Crippen LogP contribution in [0.25, 0.3) is 10.6 Å². The van der Waals surface area contributed by atoms with Gasteiger partial charge in [0.25, 0.3) is 0 Å². The average Bonchev–Trinajstić information content (AvgIpc) is 3.05. The van der Waals surface area contributed by atoms with Crippen molar-refractivity contribution < 1.29 is 9.59 Å². The lowest BCUT2D eigenvalue weighted by Crippen LogP contribution is -2.02. The van der Waals surface area contributed by atoms with Crippen LogP contribution in [-0.4, -0.2) is 16.6 Å². The van der Waals surface area contributed by atoms with Gasteiger partial charge in [0, 0.05) is 11.3 Å². The van der Waals surface area contributed by atoms with Crippen molar-refractivity contribution in [2.75, 3.05) is 5.32 Å². The van der Waals surface area contributed by atoms with Crippen LogP contribution >= 0.6 is 11.3 Å². The van der Waals surface area contributed by atoms with E-state index in [4.69, 9.17) is 5.73 Å². The number of nitrogens with one attached hydrogen (secondary N) is 1. The normalized spacial score (nSPS) is 11.5. The second kappa shape index (κ2) is 8.21. The average molecular weight is 353 g/mol. The zero-order chi connectivity index (χ0) is 18.4. The molecule has 0 amide bonds. The number of ketones is 2. The van der Waals surface area contributed by atoms with Crippen LogP contribution in [0, 0.1) is 0 Å². The highest BCUT2D eigenvalue weighted by molar-refractivity contribution is 7.17. The number of Topliss-reactive ketones (excluding diaryl/α,β-unsaturated/α-hetero) is 2. The summed E-state index contributed by atoms with van der Waals surface area (Å²) < 4.78 is 0. The Labute approximate surface area is 150 Å². The maximum atomic E-state index is 11.5. The molecule has 2 rings (SSSR count). The van der Waals surface area contributed by atoms with E-state index in [1.165, 1.54) is 30.5 Å². The van der Waals surface area contributed by atoms with Crippen LogP contribution in [0.15, 0.2) is 66.5 Å². The SMILES string of the molecule is C=C(/C=C(\C=C/N)C(C)=O)Nc1cccc(-c2ccc(C(C)=O)s2)n1. The molecule has 0 aliphatic rings. The lowest BCUT2D eigenvalue weighted by Gasteiger charge is -2.07. The van der Waals surface area contributed by atoms with E-state index in [0.717, 1.165) is 10.6 Å². The summed E-state index contributed by atoms with van der Waals surface area (Å²) in [7, 11) is 0. The molecule has 0 aromatic carbocycles. The lowest BCUT2D eigenvalue weighted by molar-refractivity contribution is -0.113. The number of hydrogen-bond acceptors (Lipinski definition) is 6. The van der Waals surface area contributed by atoms with Gasteiger partial charge in [-0.2, -0.15) is 0 Å². The van der Waals surface area contributed by atoms with E-state index in [-0.39, 0.29) is 11.6 Å². The topological polar surface area (TPSA) is 85.1 Å². The fraction of sp³-hybridized carbons (Fsp3) is 0.105. The molecular weight excluding hydrogens is 334 g/mol. The number of thiophene rings is 1. The van der Waals surface area contributed by atoms with Crippen molar-refractivity contribution in [3.8, 4) is 10.6 Å². The molecule has 2 heterocycles. The summed E-state index contributed by atoms with van der Waals surface area (Å²) in [5.74, 6) is 0.520. The van der Waals surface area contributed by atoms with Gasteiger partial charge >= 0.3 is 0 Å². The van der Waals surface area contributed by atoms with Crippen molar-refractivity contribution in [3.63, 3.8) is 0 Å². The van der Waals surface area contributed by atoms with Gasteiger partial charge in [-0.1, -0.05) is 12.6 Å².